The van der Waals surface area contributed by atoms with Gasteiger partial charge in [0.25, 0.3) is 0 Å². The topological polar surface area (TPSA) is 63.7 Å². The third-order valence-electron chi connectivity index (χ3n) is 4.05. The van der Waals surface area contributed by atoms with E-state index in [-0.39, 0.29) is 6.54 Å². The molecule has 6 heteroatoms. The third kappa shape index (κ3) is 4.08. The van der Waals surface area contributed by atoms with E-state index in [1.165, 1.54) is 11.4 Å². The lowest BCUT2D eigenvalue weighted by Gasteiger charge is -2.20. The number of methoxy groups -OCH3 is 1. The zero-order chi connectivity index (χ0) is 18.8. The number of hydrogen-bond acceptors (Lipinski definition) is 4. The van der Waals surface area contributed by atoms with Crippen molar-refractivity contribution in [1.29, 1.82) is 0 Å². The molecule has 0 aliphatic carbocycles. The summed E-state index contributed by atoms with van der Waals surface area (Å²) in [6, 6.07) is 10.5. The largest absolute Gasteiger partial charge is 0.465 e. The molecule has 2 rings (SSSR count). The van der Waals surface area contributed by atoms with E-state index in [0.29, 0.717) is 10.5 Å². The first-order chi connectivity index (χ1) is 11.7. The van der Waals surface area contributed by atoms with Crippen LogP contribution in [0.4, 0.5) is 0 Å². The predicted octanol–water partition coefficient (Wildman–Crippen LogP) is 3.22. The van der Waals surface area contributed by atoms with E-state index in [1.807, 2.05) is 32.9 Å². The molecule has 0 saturated carbocycles. The van der Waals surface area contributed by atoms with E-state index < -0.39 is 16.0 Å². The van der Waals surface area contributed by atoms with Gasteiger partial charge in [0.1, 0.15) is 0 Å². The summed E-state index contributed by atoms with van der Waals surface area (Å²) in [6.07, 6.45) is 0. The van der Waals surface area contributed by atoms with Crippen LogP contribution in [0.3, 0.4) is 0 Å². The highest BCUT2D eigenvalue weighted by molar-refractivity contribution is 7.89. The minimum atomic E-state index is -3.60. The van der Waals surface area contributed by atoms with E-state index in [4.69, 9.17) is 0 Å². The van der Waals surface area contributed by atoms with Crippen LogP contribution in [0.5, 0.6) is 0 Å². The van der Waals surface area contributed by atoms with Crippen LogP contribution in [0.1, 0.15) is 32.6 Å². The maximum atomic E-state index is 13.0. The maximum absolute atomic E-state index is 13.0. The minimum Gasteiger partial charge on any atom is -0.465 e. The number of benzene rings is 2. The second-order valence-corrected chi connectivity index (χ2v) is 8.16. The van der Waals surface area contributed by atoms with Gasteiger partial charge >= 0.3 is 5.97 Å². The monoisotopic (exact) mass is 361 g/mol. The van der Waals surface area contributed by atoms with Crippen LogP contribution in [0.25, 0.3) is 0 Å². The maximum Gasteiger partial charge on any atom is 0.337 e. The smallest absolute Gasteiger partial charge is 0.337 e. The molecule has 0 aromatic heterocycles. The van der Waals surface area contributed by atoms with Crippen molar-refractivity contribution in [3.05, 3.63) is 64.2 Å². The van der Waals surface area contributed by atoms with Crippen LogP contribution in [-0.4, -0.2) is 32.8 Å². The van der Waals surface area contributed by atoms with Crippen molar-refractivity contribution in [2.45, 2.75) is 32.2 Å². The summed E-state index contributed by atoms with van der Waals surface area (Å²) in [7, 11) is -0.725. The molecule has 5 nitrogen and oxygen atoms in total. The van der Waals surface area contributed by atoms with Gasteiger partial charge in [0.2, 0.25) is 10.0 Å². The van der Waals surface area contributed by atoms with Crippen molar-refractivity contribution in [2.75, 3.05) is 14.2 Å². The SMILES string of the molecule is COC(=O)c1ccc(CN(C)S(=O)(=O)c2c(C)cc(C)cc2C)cc1. The van der Waals surface area contributed by atoms with Crippen molar-refractivity contribution >= 4 is 16.0 Å². The Bertz CT molecular complexity index is 863. The van der Waals surface area contributed by atoms with Crippen LogP contribution >= 0.6 is 0 Å². The number of aryl methyl sites for hydroxylation is 3. The molecule has 0 amide bonds. The molecule has 0 unspecified atom stereocenters. The number of carbonyl (C=O) groups is 1. The second-order valence-electron chi connectivity index (χ2n) is 6.18. The Balaban J connectivity index is 2.28. The number of nitrogens with zero attached hydrogens (tertiary/aromatic N) is 1. The van der Waals surface area contributed by atoms with Gasteiger partial charge in [-0.25, -0.2) is 13.2 Å². The van der Waals surface area contributed by atoms with Gasteiger partial charge < -0.3 is 4.74 Å². The van der Waals surface area contributed by atoms with Crippen molar-refractivity contribution in [2.24, 2.45) is 0 Å². The molecule has 0 heterocycles. The van der Waals surface area contributed by atoms with Crippen LogP contribution in [0.15, 0.2) is 41.3 Å². The molecule has 0 aliphatic heterocycles. The summed E-state index contributed by atoms with van der Waals surface area (Å²) in [4.78, 5) is 11.8. The standard InChI is InChI=1S/C19H23NO4S/c1-13-10-14(2)18(15(3)11-13)25(22,23)20(4)12-16-6-8-17(9-7-16)19(21)24-5/h6-11H,12H2,1-5H3. The number of hydrogen-bond donors (Lipinski definition) is 0. The van der Waals surface area contributed by atoms with Gasteiger partial charge in [-0.3, -0.25) is 0 Å². The fourth-order valence-electron chi connectivity index (χ4n) is 2.94. The molecule has 0 bridgehead atoms. The first kappa shape index (κ1) is 19.1. The van der Waals surface area contributed by atoms with Gasteiger partial charge in [-0.1, -0.05) is 29.8 Å². The molecule has 134 valence electrons. The Morgan fingerprint density at radius 3 is 2.04 bits per heavy atom. The summed E-state index contributed by atoms with van der Waals surface area (Å²) >= 11 is 0. The summed E-state index contributed by atoms with van der Waals surface area (Å²) in [6.45, 7) is 5.79. The Morgan fingerprint density at radius 1 is 1.04 bits per heavy atom. The van der Waals surface area contributed by atoms with Crippen molar-refractivity contribution < 1.29 is 17.9 Å². The molecular weight excluding hydrogens is 338 g/mol. The quantitative estimate of drug-likeness (QED) is 0.767. The second kappa shape index (κ2) is 7.37. The number of carbonyl (C=O) groups excluding carboxylic acids is 1. The van der Waals surface area contributed by atoms with Crippen LogP contribution in [-0.2, 0) is 21.3 Å². The average Bonchev–Trinajstić information content (AvgIpc) is 2.53. The first-order valence-corrected chi connectivity index (χ1v) is 9.32. The summed E-state index contributed by atoms with van der Waals surface area (Å²) in [5.41, 5.74) is 3.74. The molecule has 0 saturated heterocycles. The van der Waals surface area contributed by atoms with Crippen LogP contribution < -0.4 is 0 Å². The van der Waals surface area contributed by atoms with Gasteiger partial charge in [-0.2, -0.15) is 4.31 Å². The molecular formula is C19H23NO4S. The molecule has 0 aliphatic rings. The Hall–Kier alpha value is -2.18. The number of ether oxygens (including phenoxy) is 1. The summed E-state index contributed by atoms with van der Waals surface area (Å²) < 4.78 is 31.9. The molecule has 0 atom stereocenters. The van der Waals surface area contributed by atoms with Gasteiger partial charge in [0.15, 0.2) is 0 Å². The van der Waals surface area contributed by atoms with Crippen LogP contribution in [0.2, 0.25) is 0 Å². The molecule has 2 aromatic carbocycles. The lowest BCUT2D eigenvalue weighted by atomic mass is 10.1. The highest BCUT2D eigenvalue weighted by Gasteiger charge is 2.25. The Morgan fingerprint density at radius 2 is 1.56 bits per heavy atom. The lowest BCUT2D eigenvalue weighted by molar-refractivity contribution is 0.0600. The van der Waals surface area contributed by atoms with E-state index in [0.717, 1.165) is 22.3 Å². The van der Waals surface area contributed by atoms with E-state index in [1.54, 1.807) is 31.3 Å². The lowest BCUT2D eigenvalue weighted by Crippen LogP contribution is -2.28. The summed E-state index contributed by atoms with van der Waals surface area (Å²) in [5, 5.41) is 0. The van der Waals surface area contributed by atoms with Gasteiger partial charge in [0, 0.05) is 13.6 Å². The van der Waals surface area contributed by atoms with Gasteiger partial charge in [-0.05, 0) is 49.6 Å². The van der Waals surface area contributed by atoms with E-state index in [9.17, 15) is 13.2 Å². The predicted molar refractivity (Wildman–Crippen MR) is 97.1 cm³/mol. The fourth-order valence-corrected chi connectivity index (χ4v) is 4.50. The molecule has 2 aromatic rings. The average molecular weight is 361 g/mol. The third-order valence-corrected chi connectivity index (χ3v) is 6.16. The molecule has 0 spiro atoms. The molecule has 25 heavy (non-hydrogen) atoms. The zero-order valence-electron chi connectivity index (χ0n) is 15.2. The zero-order valence-corrected chi connectivity index (χ0v) is 16.0. The van der Waals surface area contributed by atoms with Gasteiger partial charge in [-0.15, -0.1) is 0 Å². The van der Waals surface area contributed by atoms with Crippen molar-refractivity contribution in [1.82, 2.24) is 4.31 Å². The van der Waals surface area contributed by atoms with Gasteiger partial charge in [0.05, 0.1) is 17.6 Å². The first-order valence-electron chi connectivity index (χ1n) is 7.88. The van der Waals surface area contributed by atoms with Crippen molar-refractivity contribution in [3.63, 3.8) is 0 Å². The van der Waals surface area contributed by atoms with E-state index in [2.05, 4.69) is 4.74 Å². The normalized spacial score (nSPS) is 11.6. The molecule has 0 fully saturated rings. The number of rotatable bonds is 5. The number of esters is 1. The fraction of sp³-hybridized carbons (Fsp3) is 0.316. The van der Waals surface area contributed by atoms with Crippen LogP contribution in [0, 0.1) is 20.8 Å². The summed E-state index contributed by atoms with van der Waals surface area (Å²) in [5.74, 6) is -0.418. The highest BCUT2D eigenvalue weighted by atomic mass is 32.2. The van der Waals surface area contributed by atoms with E-state index >= 15 is 0 Å². The van der Waals surface area contributed by atoms with Crippen molar-refractivity contribution in [3.8, 4) is 0 Å². The Labute approximate surface area is 149 Å². The Kier molecular flexibility index (Phi) is 5.65. The highest BCUT2D eigenvalue weighted by Crippen LogP contribution is 2.25. The minimum absolute atomic E-state index is 0.219. The molecule has 0 radical (unpaired) electrons. The number of sulfonamides is 1. The molecule has 0 N–H and O–H groups in total.